The third-order valence-corrected chi connectivity index (χ3v) is 3.15. The molecule has 1 amide bonds. The van der Waals surface area contributed by atoms with Crippen molar-refractivity contribution >= 4 is 5.91 Å². The van der Waals surface area contributed by atoms with Gasteiger partial charge in [0.05, 0.1) is 0 Å². The molecular weight excluding hydrogens is 224 g/mol. The zero-order valence-electron chi connectivity index (χ0n) is 11.8. The highest BCUT2D eigenvalue weighted by atomic mass is 16.1. The highest BCUT2D eigenvalue weighted by molar-refractivity contribution is 5.75. The summed E-state index contributed by atoms with van der Waals surface area (Å²) in [6, 6.07) is 6.38. The second-order valence-electron chi connectivity index (χ2n) is 5.28. The fraction of sp³-hybridized carbons (Fsp3) is 0.533. The van der Waals surface area contributed by atoms with Gasteiger partial charge in [0.1, 0.15) is 0 Å². The van der Waals surface area contributed by atoms with Gasteiger partial charge in [-0.05, 0) is 39.3 Å². The monoisotopic (exact) mass is 248 g/mol. The molecule has 0 fully saturated rings. The van der Waals surface area contributed by atoms with Crippen molar-refractivity contribution in [1.29, 1.82) is 0 Å². The first-order valence-electron chi connectivity index (χ1n) is 6.49. The largest absolute Gasteiger partial charge is 0.370 e. The van der Waals surface area contributed by atoms with Gasteiger partial charge in [0, 0.05) is 12.0 Å². The Morgan fingerprint density at radius 1 is 1.28 bits per heavy atom. The van der Waals surface area contributed by atoms with E-state index >= 15 is 0 Å². The van der Waals surface area contributed by atoms with E-state index in [0.29, 0.717) is 6.42 Å². The van der Waals surface area contributed by atoms with E-state index in [1.165, 1.54) is 11.1 Å². The van der Waals surface area contributed by atoms with Crippen LogP contribution in [0.5, 0.6) is 0 Å². The molecule has 100 valence electrons. The van der Waals surface area contributed by atoms with Gasteiger partial charge in [0.25, 0.3) is 0 Å². The third-order valence-electron chi connectivity index (χ3n) is 3.15. The fourth-order valence-corrected chi connectivity index (χ4v) is 2.31. The van der Waals surface area contributed by atoms with E-state index in [9.17, 15) is 4.79 Å². The van der Waals surface area contributed by atoms with Crippen molar-refractivity contribution in [2.75, 3.05) is 6.54 Å². The molecule has 3 N–H and O–H groups in total. The number of hydrogen-bond donors (Lipinski definition) is 2. The van der Waals surface area contributed by atoms with Gasteiger partial charge in [0.2, 0.25) is 5.91 Å². The molecule has 0 saturated carbocycles. The number of carbonyl (C=O) groups is 1. The molecule has 1 aromatic carbocycles. The predicted molar refractivity (Wildman–Crippen MR) is 75.4 cm³/mol. The maximum absolute atomic E-state index is 11.3. The minimum absolute atomic E-state index is 0.278. The molecule has 0 aromatic heterocycles. The van der Waals surface area contributed by atoms with E-state index in [2.05, 4.69) is 44.3 Å². The summed E-state index contributed by atoms with van der Waals surface area (Å²) in [5.41, 5.74) is 8.55. The van der Waals surface area contributed by atoms with E-state index in [-0.39, 0.29) is 11.4 Å². The fourth-order valence-electron chi connectivity index (χ4n) is 2.31. The Labute approximate surface area is 110 Å². The summed E-state index contributed by atoms with van der Waals surface area (Å²) in [5.74, 6) is -0.278. The van der Waals surface area contributed by atoms with Crippen LogP contribution in [0.15, 0.2) is 18.2 Å². The van der Waals surface area contributed by atoms with Crippen molar-refractivity contribution < 1.29 is 4.79 Å². The first-order chi connectivity index (χ1) is 8.37. The number of benzene rings is 1. The molecule has 3 heteroatoms. The quantitative estimate of drug-likeness (QED) is 0.812. The second kappa shape index (κ2) is 6.01. The molecule has 18 heavy (non-hydrogen) atoms. The smallest absolute Gasteiger partial charge is 0.219 e. The van der Waals surface area contributed by atoms with Crippen molar-refractivity contribution in [3.8, 4) is 0 Å². The van der Waals surface area contributed by atoms with Gasteiger partial charge in [-0.1, -0.05) is 36.2 Å². The Morgan fingerprint density at radius 3 is 2.28 bits per heavy atom. The lowest BCUT2D eigenvalue weighted by Crippen LogP contribution is -2.43. The molecule has 0 aliphatic rings. The number of nitrogens with one attached hydrogen (secondary N) is 1. The lowest BCUT2D eigenvalue weighted by atomic mass is 9.86. The number of amides is 1. The van der Waals surface area contributed by atoms with Crippen LogP contribution in [0.2, 0.25) is 0 Å². The molecule has 3 nitrogen and oxygen atoms in total. The number of nitrogens with two attached hydrogens (primary N) is 1. The van der Waals surface area contributed by atoms with Crippen LogP contribution in [0, 0.1) is 13.8 Å². The molecule has 1 rings (SSSR count). The van der Waals surface area contributed by atoms with E-state index < -0.39 is 0 Å². The Morgan fingerprint density at radius 2 is 1.83 bits per heavy atom. The average Bonchev–Trinajstić information content (AvgIpc) is 2.24. The zero-order valence-corrected chi connectivity index (χ0v) is 11.8. The summed E-state index contributed by atoms with van der Waals surface area (Å²) >= 11 is 0. The SMILES string of the molecule is CCCNC(C)(CC(N)=O)c1cc(C)cc(C)c1. The van der Waals surface area contributed by atoms with Gasteiger partial charge in [-0.2, -0.15) is 0 Å². The maximum Gasteiger partial charge on any atom is 0.219 e. The predicted octanol–water partition coefficient (Wildman–Crippen LogP) is 2.39. The first-order valence-corrected chi connectivity index (χ1v) is 6.49. The number of primary amides is 1. The highest BCUT2D eigenvalue weighted by Gasteiger charge is 2.28. The van der Waals surface area contributed by atoms with Crippen molar-refractivity contribution in [3.05, 3.63) is 34.9 Å². The molecule has 0 spiro atoms. The summed E-state index contributed by atoms with van der Waals surface area (Å²) in [7, 11) is 0. The van der Waals surface area contributed by atoms with Crippen LogP contribution in [0.25, 0.3) is 0 Å². The Balaban J connectivity index is 3.11. The van der Waals surface area contributed by atoms with E-state index in [0.717, 1.165) is 18.5 Å². The number of hydrogen-bond acceptors (Lipinski definition) is 2. The molecule has 1 aromatic rings. The number of aryl methyl sites for hydroxylation is 2. The molecule has 0 saturated heterocycles. The molecule has 0 radical (unpaired) electrons. The van der Waals surface area contributed by atoms with E-state index in [1.54, 1.807) is 0 Å². The Kier molecular flexibility index (Phi) is 4.91. The van der Waals surface area contributed by atoms with E-state index in [4.69, 9.17) is 5.73 Å². The molecular formula is C15H24N2O. The zero-order chi connectivity index (χ0) is 13.8. The van der Waals surface area contributed by atoms with Gasteiger partial charge in [-0.25, -0.2) is 0 Å². The van der Waals surface area contributed by atoms with Gasteiger partial charge >= 0.3 is 0 Å². The molecule has 0 heterocycles. The first kappa shape index (κ1) is 14.7. The third kappa shape index (κ3) is 3.84. The standard InChI is InChI=1S/C15H24N2O/c1-5-6-17-15(4,10-14(16)18)13-8-11(2)7-12(3)9-13/h7-9,17H,5-6,10H2,1-4H3,(H2,16,18). The van der Waals surface area contributed by atoms with Crippen molar-refractivity contribution in [1.82, 2.24) is 5.32 Å². The summed E-state index contributed by atoms with van der Waals surface area (Å²) in [6.45, 7) is 9.17. The molecule has 0 aliphatic carbocycles. The number of carbonyl (C=O) groups excluding carboxylic acids is 1. The summed E-state index contributed by atoms with van der Waals surface area (Å²) in [5, 5.41) is 3.45. The van der Waals surface area contributed by atoms with Crippen LogP contribution in [-0.2, 0) is 10.3 Å². The highest BCUT2D eigenvalue weighted by Crippen LogP contribution is 2.26. The second-order valence-corrected chi connectivity index (χ2v) is 5.28. The van der Waals surface area contributed by atoms with Crippen LogP contribution in [0.3, 0.4) is 0 Å². The van der Waals surface area contributed by atoms with Gasteiger partial charge < -0.3 is 11.1 Å². The topological polar surface area (TPSA) is 55.1 Å². The van der Waals surface area contributed by atoms with Crippen LogP contribution in [0.1, 0.15) is 43.4 Å². The average molecular weight is 248 g/mol. The van der Waals surface area contributed by atoms with Crippen LogP contribution in [0.4, 0.5) is 0 Å². The minimum atomic E-state index is -0.376. The normalized spacial score (nSPS) is 14.2. The van der Waals surface area contributed by atoms with Crippen LogP contribution < -0.4 is 11.1 Å². The maximum atomic E-state index is 11.3. The molecule has 1 atom stereocenters. The lowest BCUT2D eigenvalue weighted by Gasteiger charge is -2.31. The molecule has 1 unspecified atom stereocenters. The lowest BCUT2D eigenvalue weighted by molar-refractivity contribution is -0.119. The van der Waals surface area contributed by atoms with Gasteiger partial charge in [0.15, 0.2) is 0 Å². The minimum Gasteiger partial charge on any atom is -0.370 e. The summed E-state index contributed by atoms with van der Waals surface area (Å²) in [6.07, 6.45) is 1.34. The van der Waals surface area contributed by atoms with Crippen LogP contribution >= 0.6 is 0 Å². The molecule has 0 aliphatic heterocycles. The van der Waals surface area contributed by atoms with Crippen molar-refractivity contribution in [2.45, 2.75) is 46.1 Å². The van der Waals surface area contributed by atoms with Gasteiger partial charge in [-0.3, -0.25) is 4.79 Å². The van der Waals surface area contributed by atoms with E-state index in [1.807, 2.05) is 6.92 Å². The summed E-state index contributed by atoms with van der Waals surface area (Å²) < 4.78 is 0. The van der Waals surface area contributed by atoms with Crippen molar-refractivity contribution in [3.63, 3.8) is 0 Å². The number of rotatable bonds is 6. The van der Waals surface area contributed by atoms with Crippen molar-refractivity contribution in [2.24, 2.45) is 5.73 Å². The van der Waals surface area contributed by atoms with Crippen LogP contribution in [-0.4, -0.2) is 12.5 Å². The summed E-state index contributed by atoms with van der Waals surface area (Å²) in [4.78, 5) is 11.3. The van der Waals surface area contributed by atoms with Gasteiger partial charge in [-0.15, -0.1) is 0 Å². The Hall–Kier alpha value is -1.35. The molecule has 0 bridgehead atoms. The Bertz CT molecular complexity index is 408.